The minimum atomic E-state index is -3.66. The van der Waals surface area contributed by atoms with Gasteiger partial charge in [0.2, 0.25) is 10.0 Å². The topological polar surface area (TPSA) is 102 Å². The predicted octanol–water partition coefficient (Wildman–Crippen LogP) is 3.54. The van der Waals surface area contributed by atoms with Crippen molar-refractivity contribution in [1.29, 1.82) is 0 Å². The lowest BCUT2D eigenvalue weighted by atomic mass is 10.1. The van der Waals surface area contributed by atoms with Crippen LogP contribution in [-0.2, 0) is 21.2 Å². The van der Waals surface area contributed by atoms with Crippen molar-refractivity contribution in [2.45, 2.75) is 69.2 Å². The number of nitrogens with zero attached hydrogens (tertiary/aromatic N) is 3. The first-order valence-corrected chi connectivity index (χ1v) is 12.6. The zero-order valence-electron chi connectivity index (χ0n) is 18.8. The minimum absolute atomic E-state index is 0.0120. The molecule has 1 N–H and O–H groups in total. The predicted molar refractivity (Wildman–Crippen MR) is 123 cm³/mol. The molecule has 0 amide bonds. The van der Waals surface area contributed by atoms with Crippen LogP contribution in [0.3, 0.4) is 0 Å². The summed E-state index contributed by atoms with van der Waals surface area (Å²) in [4.78, 5) is 11.6. The molecule has 3 atom stereocenters. The number of aromatic nitrogens is 2. The normalized spacial score (nSPS) is 22.6. The Bertz CT molecular complexity index is 1330. The molecule has 33 heavy (non-hydrogen) atoms. The minimum Gasteiger partial charge on any atom is -0.491 e. The van der Waals surface area contributed by atoms with Gasteiger partial charge in [-0.2, -0.15) is 9.40 Å². The molecule has 2 saturated heterocycles. The molecule has 1 saturated carbocycles. The second kappa shape index (κ2) is 7.85. The Balaban J connectivity index is 1.46. The number of carbonyl (C=O) groups is 1. The zero-order chi connectivity index (χ0) is 23.5. The number of hydrogen-bond acceptors (Lipinski definition) is 5. The third-order valence-electron chi connectivity index (χ3n) is 6.50. The first kappa shape index (κ1) is 21.9. The number of rotatable bonds is 7. The van der Waals surface area contributed by atoms with Gasteiger partial charge in [0.25, 0.3) is 0 Å². The van der Waals surface area contributed by atoms with Gasteiger partial charge in [0, 0.05) is 17.5 Å². The lowest BCUT2D eigenvalue weighted by Gasteiger charge is -2.39. The molecule has 3 aromatic rings. The van der Waals surface area contributed by atoms with Crippen LogP contribution in [0.2, 0.25) is 0 Å². The number of benzene rings is 2. The van der Waals surface area contributed by atoms with Crippen molar-refractivity contribution in [1.82, 2.24) is 14.1 Å². The van der Waals surface area contributed by atoms with Crippen LogP contribution in [0, 0.1) is 6.92 Å². The molecule has 1 aliphatic carbocycles. The second-order valence-electron chi connectivity index (χ2n) is 9.22. The standard InChI is InChI=1S/C24H27N3O5S/c1-14(2)32-17-5-7-18(8-6-17)33(30,31)27-16-11-22(23(27)12-16)26-21-10-15(3)4-9-19(21)20(25-26)13-24(28)29/h4-10,14,16,22-23H,11-13H2,1-3H3,(H,28,29)/t16-,22-,23-/m1/s1. The molecule has 9 heteroatoms. The van der Waals surface area contributed by atoms with E-state index in [2.05, 4.69) is 5.10 Å². The fourth-order valence-electron chi connectivity index (χ4n) is 5.14. The largest absolute Gasteiger partial charge is 0.491 e. The second-order valence-corrected chi connectivity index (χ2v) is 11.1. The SMILES string of the molecule is Cc1ccc2c(CC(=O)O)nn([C@@H]3C[C@@H]4C[C@H]3N4S(=O)(=O)c3ccc(OC(C)C)cc3)c2c1. The Hall–Kier alpha value is -2.91. The van der Waals surface area contributed by atoms with Crippen LogP contribution < -0.4 is 4.74 Å². The highest BCUT2D eigenvalue weighted by atomic mass is 32.2. The molecule has 8 nitrogen and oxygen atoms in total. The van der Waals surface area contributed by atoms with Crippen LogP contribution in [0.1, 0.15) is 44.0 Å². The molecular weight excluding hydrogens is 442 g/mol. The van der Waals surface area contributed by atoms with E-state index in [1.165, 1.54) is 0 Å². The molecule has 0 spiro atoms. The van der Waals surface area contributed by atoms with Crippen molar-refractivity contribution < 1.29 is 23.1 Å². The number of aliphatic carboxylic acids is 1. The summed E-state index contributed by atoms with van der Waals surface area (Å²) in [6.45, 7) is 5.82. The van der Waals surface area contributed by atoms with Crippen LogP contribution in [0.5, 0.6) is 5.75 Å². The van der Waals surface area contributed by atoms with Gasteiger partial charge in [-0.1, -0.05) is 12.1 Å². The van der Waals surface area contributed by atoms with Crippen LogP contribution in [0.25, 0.3) is 10.9 Å². The quantitative estimate of drug-likeness (QED) is 0.568. The van der Waals surface area contributed by atoms with Crippen molar-refractivity contribution in [3.63, 3.8) is 0 Å². The number of carboxylic acids is 1. The fourth-order valence-corrected chi connectivity index (χ4v) is 7.01. The van der Waals surface area contributed by atoms with Gasteiger partial charge in [-0.3, -0.25) is 9.48 Å². The highest BCUT2D eigenvalue weighted by Gasteiger charge is 2.58. The number of ether oxygens (including phenoxy) is 1. The molecule has 3 aliphatic rings. The molecule has 6 rings (SSSR count). The Morgan fingerprint density at radius 2 is 1.85 bits per heavy atom. The highest BCUT2D eigenvalue weighted by Crippen LogP contribution is 2.51. The van der Waals surface area contributed by atoms with Gasteiger partial charge in [0.1, 0.15) is 5.75 Å². The van der Waals surface area contributed by atoms with E-state index in [1.807, 2.05) is 43.7 Å². The maximum Gasteiger partial charge on any atom is 0.309 e. The third kappa shape index (κ3) is 3.69. The van der Waals surface area contributed by atoms with Crippen LogP contribution in [0.15, 0.2) is 47.4 Å². The van der Waals surface area contributed by atoms with Gasteiger partial charge in [-0.05, 0) is 69.5 Å². The van der Waals surface area contributed by atoms with Crippen LogP contribution >= 0.6 is 0 Å². The third-order valence-corrected chi connectivity index (χ3v) is 8.49. The van der Waals surface area contributed by atoms with Crippen LogP contribution in [0.4, 0.5) is 0 Å². The van der Waals surface area contributed by atoms with E-state index in [0.29, 0.717) is 17.9 Å². The van der Waals surface area contributed by atoms with E-state index < -0.39 is 16.0 Å². The summed E-state index contributed by atoms with van der Waals surface area (Å²) in [5.41, 5.74) is 2.41. The molecule has 3 heterocycles. The van der Waals surface area contributed by atoms with E-state index in [4.69, 9.17) is 4.74 Å². The Morgan fingerprint density at radius 3 is 2.52 bits per heavy atom. The maximum absolute atomic E-state index is 13.4. The molecular formula is C24H27N3O5S. The molecule has 2 aliphatic heterocycles. The van der Waals surface area contributed by atoms with Gasteiger partial charge in [0.15, 0.2) is 0 Å². The number of carboxylic acid groups (broad SMARTS) is 1. The first-order valence-electron chi connectivity index (χ1n) is 11.1. The van der Waals surface area contributed by atoms with Crippen molar-refractivity contribution >= 4 is 26.9 Å². The van der Waals surface area contributed by atoms with E-state index in [1.54, 1.807) is 28.6 Å². The summed E-state index contributed by atoms with van der Waals surface area (Å²) < 4.78 is 36.0. The molecule has 174 valence electrons. The number of sulfonamides is 1. The molecule has 3 fully saturated rings. The average molecular weight is 470 g/mol. The van der Waals surface area contributed by atoms with E-state index >= 15 is 0 Å². The summed E-state index contributed by atoms with van der Waals surface area (Å²) in [5, 5.41) is 14.8. The molecule has 0 radical (unpaired) electrons. The lowest BCUT2D eigenvalue weighted by Crippen LogP contribution is -2.53. The summed E-state index contributed by atoms with van der Waals surface area (Å²) in [6.07, 6.45) is 1.29. The maximum atomic E-state index is 13.4. The summed E-state index contributed by atoms with van der Waals surface area (Å²) in [6, 6.07) is 12.0. The summed E-state index contributed by atoms with van der Waals surface area (Å²) in [5.74, 6) is -0.301. The molecule has 0 unspecified atom stereocenters. The molecule has 1 aromatic heterocycles. The average Bonchev–Trinajstić information content (AvgIpc) is 3.39. The van der Waals surface area contributed by atoms with Gasteiger partial charge >= 0.3 is 5.97 Å². The zero-order valence-corrected chi connectivity index (χ0v) is 19.6. The van der Waals surface area contributed by atoms with E-state index in [9.17, 15) is 18.3 Å². The highest BCUT2D eigenvalue weighted by molar-refractivity contribution is 7.89. The van der Waals surface area contributed by atoms with Gasteiger partial charge < -0.3 is 9.84 Å². The monoisotopic (exact) mass is 469 g/mol. The number of hydrogen-bond donors (Lipinski definition) is 1. The Labute approximate surface area is 192 Å². The van der Waals surface area contributed by atoms with E-state index in [0.717, 1.165) is 22.9 Å². The number of aryl methyl sites for hydroxylation is 1. The number of fused-ring (bicyclic) bond motifs is 2. The van der Waals surface area contributed by atoms with E-state index in [-0.39, 0.29) is 35.5 Å². The molecule has 2 aromatic carbocycles. The van der Waals surface area contributed by atoms with Crippen LogP contribution in [-0.4, -0.2) is 51.8 Å². The Kier molecular flexibility index (Phi) is 5.21. The van der Waals surface area contributed by atoms with Crippen molar-refractivity contribution in [3.05, 3.63) is 53.7 Å². The summed E-state index contributed by atoms with van der Waals surface area (Å²) in [7, 11) is -3.66. The van der Waals surface area contributed by atoms with Crippen molar-refractivity contribution in [2.75, 3.05) is 0 Å². The first-order chi connectivity index (χ1) is 15.6. The lowest BCUT2D eigenvalue weighted by molar-refractivity contribution is -0.136. The fraction of sp³-hybridized carbons (Fsp3) is 0.417. The molecule has 2 bridgehead atoms. The smallest absolute Gasteiger partial charge is 0.309 e. The Morgan fingerprint density at radius 1 is 1.15 bits per heavy atom. The van der Waals surface area contributed by atoms with Gasteiger partial charge in [0.05, 0.1) is 34.7 Å². The van der Waals surface area contributed by atoms with Crippen molar-refractivity contribution in [2.24, 2.45) is 0 Å². The van der Waals surface area contributed by atoms with Gasteiger partial charge in [-0.25, -0.2) is 8.42 Å². The summed E-state index contributed by atoms with van der Waals surface area (Å²) >= 11 is 0. The van der Waals surface area contributed by atoms with Gasteiger partial charge in [-0.15, -0.1) is 0 Å². The van der Waals surface area contributed by atoms with Crippen molar-refractivity contribution in [3.8, 4) is 5.75 Å².